The van der Waals surface area contributed by atoms with Crippen LogP contribution in [0.4, 0.5) is 10.1 Å². The molecule has 0 aromatic heterocycles. The van der Waals surface area contributed by atoms with Crippen LogP contribution in [-0.2, 0) is 4.79 Å². The number of carbonyl (C=O) groups is 2. The zero-order chi connectivity index (χ0) is 22.1. The van der Waals surface area contributed by atoms with E-state index < -0.39 is 29.2 Å². The predicted octanol–water partition coefficient (Wildman–Crippen LogP) is 2.31. The molecule has 2 rings (SSSR count). The fraction of sp³-hybridized carbons (Fsp3) is 0.333. The summed E-state index contributed by atoms with van der Waals surface area (Å²) in [4.78, 5) is 25.8. The average Bonchev–Trinajstić information content (AvgIpc) is 2.73. The topological polar surface area (TPSA) is 111 Å². The second-order valence-electron chi connectivity index (χ2n) is 7.30. The van der Waals surface area contributed by atoms with Crippen LogP contribution in [0, 0.1) is 5.82 Å². The molecule has 2 aromatic carbocycles. The molecule has 7 nitrogen and oxygen atoms in total. The van der Waals surface area contributed by atoms with Crippen molar-refractivity contribution in [3.05, 3.63) is 59.9 Å². The number of amides is 2. The van der Waals surface area contributed by atoms with Crippen LogP contribution in [-0.4, -0.2) is 46.8 Å². The zero-order valence-electron chi connectivity index (χ0n) is 16.8. The van der Waals surface area contributed by atoms with Crippen molar-refractivity contribution in [2.45, 2.75) is 36.7 Å². The lowest BCUT2D eigenvalue weighted by atomic mass is 10.1. The summed E-state index contributed by atoms with van der Waals surface area (Å²) in [6.07, 6.45) is 0.0346. The predicted molar refractivity (Wildman–Crippen MR) is 115 cm³/mol. The lowest BCUT2D eigenvalue weighted by molar-refractivity contribution is -0.118. The Balaban J connectivity index is 1.97. The SMILES string of the molecule is CC(C)(CO)NSc1ccc(NC(=O)C(CCO)NC(=O)c2ccc(F)cc2)cc1. The molecule has 1 unspecified atom stereocenters. The third kappa shape index (κ3) is 7.42. The van der Waals surface area contributed by atoms with E-state index in [4.69, 9.17) is 0 Å². The van der Waals surface area contributed by atoms with Crippen molar-refractivity contribution in [3.63, 3.8) is 0 Å². The van der Waals surface area contributed by atoms with Gasteiger partial charge in [-0.3, -0.25) is 14.3 Å². The van der Waals surface area contributed by atoms with Crippen LogP contribution in [0.1, 0.15) is 30.6 Å². The van der Waals surface area contributed by atoms with Crippen LogP contribution < -0.4 is 15.4 Å². The molecule has 9 heteroatoms. The van der Waals surface area contributed by atoms with Crippen LogP contribution in [0.3, 0.4) is 0 Å². The molecule has 0 aliphatic heterocycles. The van der Waals surface area contributed by atoms with Crippen molar-refractivity contribution in [1.82, 2.24) is 10.0 Å². The number of benzene rings is 2. The van der Waals surface area contributed by atoms with Gasteiger partial charge in [0.05, 0.1) is 6.61 Å². The Hall–Kier alpha value is -2.46. The number of aliphatic hydroxyl groups is 2. The summed E-state index contributed by atoms with van der Waals surface area (Å²) in [5.41, 5.74) is 0.314. The molecule has 0 aliphatic carbocycles. The molecule has 0 spiro atoms. The molecular formula is C21H26FN3O4S. The fourth-order valence-electron chi connectivity index (χ4n) is 2.31. The maximum Gasteiger partial charge on any atom is 0.251 e. The van der Waals surface area contributed by atoms with Crippen molar-refractivity contribution in [2.75, 3.05) is 18.5 Å². The Kier molecular flexibility index (Phi) is 8.79. The van der Waals surface area contributed by atoms with E-state index in [9.17, 15) is 24.2 Å². The molecular weight excluding hydrogens is 409 g/mol. The summed E-state index contributed by atoms with van der Waals surface area (Å²) >= 11 is 1.36. The van der Waals surface area contributed by atoms with E-state index in [1.807, 2.05) is 13.8 Å². The Bertz CT molecular complexity index is 844. The van der Waals surface area contributed by atoms with Crippen molar-refractivity contribution < 1.29 is 24.2 Å². The van der Waals surface area contributed by atoms with Gasteiger partial charge in [0.2, 0.25) is 5.91 Å². The Labute approximate surface area is 179 Å². The molecule has 0 bridgehead atoms. The summed E-state index contributed by atoms with van der Waals surface area (Å²) in [7, 11) is 0. The smallest absolute Gasteiger partial charge is 0.251 e. The highest BCUT2D eigenvalue weighted by atomic mass is 32.2. The maximum atomic E-state index is 13.0. The number of rotatable bonds is 10. The first-order valence-corrected chi connectivity index (χ1v) is 10.2. The van der Waals surface area contributed by atoms with Gasteiger partial charge in [0, 0.05) is 28.3 Å². The second-order valence-corrected chi connectivity index (χ2v) is 8.18. The summed E-state index contributed by atoms with van der Waals surface area (Å²) in [5.74, 6) is -1.47. The minimum absolute atomic E-state index is 0.00989. The summed E-state index contributed by atoms with van der Waals surface area (Å²) in [6, 6.07) is 11.0. The molecule has 0 saturated carbocycles. The van der Waals surface area contributed by atoms with Gasteiger partial charge in [-0.15, -0.1) is 0 Å². The van der Waals surface area contributed by atoms with E-state index in [0.717, 1.165) is 17.0 Å². The molecule has 2 amide bonds. The minimum atomic E-state index is -0.950. The van der Waals surface area contributed by atoms with Gasteiger partial charge in [0.1, 0.15) is 11.9 Å². The molecule has 0 fully saturated rings. The summed E-state index contributed by atoms with van der Waals surface area (Å²) in [5, 5.41) is 23.8. The van der Waals surface area contributed by atoms with Crippen LogP contribution in [0.25, 0.3) is 0 Å². The number of aliphatic hydroxyl groups excluding tert-OH is 2. The van der Waals surface area contributed by atoms with Crippen LogP contribution in [0.5, 0.6) is 0 Å². The molecule has 2 aromatic rings. The highest BCUT2D eigenvalue weighted by Crippen LogP contribution is 2.20. The maximum absolute atomic E-state index is 13.0. The molecule has 0 aliphatic rings. The number of hydrogen-bond acceptors (Lipinski definition) is 6. The number of carbonyl (C=O) groups excluding carboxylic acids is 2. The molecule has 1 atom stereocenters. The molecule has 5 N–H and O–H groups in total. The van der Waals surface area contributed by atoms with Gasteiger partial charge >= 0.3 is 0 Å². The Morgan fingerprint density at radius 2 is 1.70 bits per heavy atom. The van der Waals surface area contributed by atoms with E-state index in [1.165, 1.54) is 24.1 Å². The monoisotopic (exact) mass is 435 g/mol. The van der Waals surface area contributed by atoms with Gasteiger partial charge in [-0.1, -0.05) is 0 Å². The number of halogens is 1. The van der Waals surface area contributed by atoms with Gasteiger partial charge in [0.15, 0.2) is 0 Å². The van der Waals surface area contributed by atoms with Gasteiger partial charge in [-0.2, -0.15) is 0 Å². The molecule has 162 valence electrons. The van der Waals surface area contributed by atoms with Crippen LogP contribution in [0.15, 0.2) is 53.4 Å². The standard InChI is InChI=1S/C21H26FN3O4S/c1-21(2,13-27)25-30-17-9-7-16(8-10-17)23-20(29)18(11-12-26)24-19(28)14-3-5-15(22)6-4-14/h3-10,18,25-27H,11-13H2,1-2H3,(H,23,29)(H,24,28). The first-order valence-electron chi connectivity index (χ1n) is 9.37. The molecule has 30 heavy (non-hydrogen) atoms. The largest absolute Gasteiger partial charge is 0.396 e. The molecule has 0 saturated heterocycles. The third-order valence-electron chi connectivity index (χ3n) is 4.11. The van der Waals surface area contributed by atoms with Crippen molar-refractivity contribution in [1.29, 1.82) is 0 Å². The third-order valence-corrected chi connectivity index (χ3v) is 5.27. The highest BCUT2D eigenvalue weighted by molar-refractivity contribution is 7.97. The first-order chi connectivity index (χ1) is 14.2. The fourth-order valence-corrected chi connectivity index (χ4v) is 3.04. The minimum Gasteiger partial charge on any atom is -0.396 e. The van der Waals surface area contributed by atoms with E-state index >= 15 is 0 Å². The van der Waals surface area contributed by atoms with Crippen LogP contribution >= 0.6 is 11.9 Å². The van der Waals surface area contributed by atoms with Crippen molar-refractivity contribution >= 4 is 29.4 Å². The van der Waals surface area contributed by atoms with Crippen molar-refractivity contribution in [2.24, 2.45) is 0 Å². The van der Waals surface area contributed by atoms with Gasteiger partial charge in [-0.25, -0.2) is 4.39 Å². The molecule has 0 heterocycles. The lowest BCUT2D eigenvalue weighted by Gasteiger charge is -2.22. The Morgan fingerprint density at radius 1 is 1.07 bits per heavy atom. The van der Waals surface area contributed by atoms with Gasteiger partial charge in [-0.05, 0) is 80.7 Å². The number of hydrogen-bond donors (Lipinski definition) is 5. The Morgan fingerprint density at radius 3 is 2.27 bits per heavy atom. The van der Waals surface area contributed by atoms with E-state index in [0.29, 0.717) is 5.69 Å². The number of anilines is 1. The normalized spacial score (nSPS) is 12.3. The summed E-state index contributed by atoms with van der Waals surface area (Å²) in [6.45, 7) is 3.44. The zero-order valence-corrected chi connectivity index (χ0v) is 17.6. The van der Waals surface area contributed by atoms with Gasteiger partial charge in [0.25, 0.3) is 5.91 Å². The van der Waals surface area contributed by atoms with E-state index in [-0.39, 0.29) is 25.2 Å². The second kappa shape index (κ2) is 11.1. The van der Waals surface area contributed by atoms with Crippen molar-refractivity contribution in [3.8, 4) is 0 Å². The quantitative estimate of drug-likeness (QED) is 0.366. The summed E-state index contributed by atoms with van der Waals surface area (Å²) < 4.78 is 16.2. The van der Waals surface area contributed by atoms with Crippen LogP contribution in [0.2, 0.25) is 0 Å². The van der Waals surface area contributed by atoms with Gasteiger partial charge < -0.3 is 20.8 Å². The first kappa shape index (κ1) is 23.8. The number of nitrogens with one attached hydrogen (secondary N) is 3. The van der Waals surface area contributed by atoms with E-state index in [1.54, 1.807) is 24.3 Å². The molecule has 0 radical (unpaired) electrons. The average molecular weight is 436 g/mol. The lowest BCUT2D eigenvalue weighted by Crippen LogP contribution is -2.44. The highest BCUT2D eigenvalue weighted by Gasteiger charge is 2.21. The van der Waals surface area contributed by atoms with E-state index in [2.05, 4.69) is 15.4 Å².